The van der Waals surface area contributed by atoms with Crippen molar-refractivity contribution < 1.29 is 0 Å². The van der Waals surface area contributed by atoms with Gasteiger partial charge in [0.2, 0.25) is 0 Å². The molecular formula is C16H21N3. The molecule has 0 aliphatic rings. The lowest BCUT2D eigenvalue weighted by Gasteiger charge is -2.09. The Morgan fingerprint density at radius 3 is 2.26 bits per heavy atom. The summed E-state index contributed by atoms with van der Waals surface area (Å²) in [5, 5.41) is 0. The summed E-state index contributed by atoms with van der Waals surface area (Å²) in [6.07, 6.45) is 4.82. The molecule has 2 aromatic rings. The minimum Gasteiger partial charge on any atom is -0.219 e. The van der Waals surface area contributed by atoms with Crippen LogP contribution >= 0.6 is 0 Å². The van der Waals surface area contributed by atoms with Gasteiger partial charge in [-0.1, -0.05) is 44.0 Å². The molecule has 0 bridgehead atoms. The van der Waals surface area contributed by atoms with E-state index in [4.69, 9.17) is 0 Å². The number of aromatic nitrogens is 3. The van der Waals surface area contributed by atoms with Gasteiger partial charge < -0.3 is 0 Å². The van der Waals surface area contributed by atoms with E-state index < -0.39 is 0 Å². The maximum absolute atomic E-state index is 4.47. The van der Waals surface area contributed by atoms with Gasteiger partial charge in [0, 0.05) is 5.56 Å². The molecule has 0 saturated heterocycles. The van der Waals surface area contributed by atoms with Crippen molar-refractivity contribution in [2.75, 3.05) is 0 Å². The van der Waals surface area contributed by atoms with E-state index in [2.05, 4.69) is 40.1 Å². The molecule has 0 atom stereocenters. The molecular weight excluding hydrogens is 234 g/mol. The minimum absolute atomic E-state index is 0.783. The molecule has 0 radical (unpaired) electrons. The van der Waals surface area contributed by atoms with Crippen LogP contribution in [0.1, 0.15) is 43.4 Å². The Hall–Kier alpha value is -1.77. The van der Waals surface area contributed by atoms with Crippen LogP contribution in [0.5, 0.6) is 0 Å². The van der Waals surface area contributed by atoms with Crippen molar-refractivity contribution in [2.45, 2.75) is 46.5 Å². The standard InChI is InChI=1S/C16H21N3/c1-4-5-6-9-14-10-7-8-11-15(14)16-18-12(2)17-13(3)19-16/h7-8,10-11H,4-6,9H2,1-3H3. The Balaban J connectivity index is 2.32. The van der Waals surface area contributed by atoms with E-state index in [-0.39, 0.29) is 0 Å². The van der Waals surface area contributed by atoms with Crippen molar-refractivity contribution in [1.29, 1.82) is 0 Å². The molecule has 0 unspecified atom stereocenters. The van der Waals surface area contributed by atoms with Gasteiger partial charge in [0.25, 0.3) is 0 Å². The smallest absolute Gasteiger partial charge is 0.163 e. The number of aryl methyl sites for hydroxylation is 3. The quantitative estimate of drug-likeness (QED) is 0.761. The van der Waals surface area contributed by atoms with E-state index in [1.165, 1.54) is 24.8 Å². The summed E-state index contributed by atoms with van der Waals surface area (Å²) >= 11 is 0. The molecule has 0 saturated carbocycles. The predicted octanol–water partition coefficient (Wildman–Crippen LogP) is 3.89. The third kappa shape index (κ3) is 3.60. The zero-order chi connectivity index (χ0) is 13.7. The van der Waals surface area contributed by atoms with Crippen LogP contribution in [-0.4, -0.2) is 15.0 Å². The van der Waals surface area contributed by atoms with Gasteiger partial charge in [0.05, 0.1) is 0 Å². The maximum atomic E-state index is 4.47. The van der Waals surface area contributed by atoms with Gasteiger partial charge in [0.1, 0.15) is 11.6 Å². The summed E-state index contributed by atoms with van der Waals surface area (Å²) in [4.78, 5) is 13.2. The second kappa shape index (κ2) is 6.41. The van der Waals surface area contributed by atoms with E-state index in [1.54, 1.807) is 0 Å². The van der Waals surface area contributed by atoms with E-state index in [0.29, 0.717) is 0 Å². The molecule has 3 heteroatoms. The SMILES string of the molecule is CCCCCc1ccccc1-c1nc(C)nc(C)n1. The fourth-order valence-corrected chi connectivity index (χ4v) is 2.26. The highest BCUT2D eigenvalue weighted by Gasteiger charge is 2.08. The van der Waals surface area contributed by atoms with Crippen molar-refractivity contribution >= 4 is 0 Å². The molecule has 1 aromatic heterocycles. The Morgan fingerprint density at radius 2 is 1.58 bits per heavy atom. The molecule has 0 N–H and O–H groups in total. The highest BCUT2D eigenvalue weighted by molar-refractivity contribution is 5.60. The summed E-state index contributed by atoms with van der Waals surface area (Å²) in [5.74, 6) is 2.37. The van der Waals surface area contributed by atoms with Crippen molar-refractivity contribution in [1.82, 2.24) is 15.0 Å². The average Bonchev–Trinajstić information content (AvgIpc) is 2.38. The third-order valence-corrected chi connectivity index (χ3v) is 3.17. The Bertz CT molecular complexity index is 529. The van der Waals surface area contributed by atoms with Gasteiger partial charge in [-0.3, -0.25) is 0 Å². The van der Waals surface area contributed by atoms with Gasteiger partial charge in [0.15, 0.2) is 5.82 Å². The normalized spacial score (nSPS) is 10.7. The Kier molecular flexibility index (Phi) is 4.61. The highest BCUT2D eigenvalue weighted by atomic mass is 15.0. The fraction of sp³-hybridized carbons (Fsp3) is 0.438. The highest BCUT2D eigenvalue weighted by Crippen LogP contribution is 2.22. The van der Waals surface area contributed by atoms with Crippen LogP contribution in [0.25, 0.3) is 11.4 Å². The predicted molar refractivity (Wildman–Crippen MR) is 78.0 cm³/mol. The molecule has 0 aliphatic carbocycles. The van der Waals surface area contributed by atoms with Gasteiger partial charge >= 0.3 is 0 Å². The first-order valence-corrected chi connectivity index (χ1v) is 6.98. The van der Waals surface area contributed by atoms with E-state index >= 15 is 0 Å². The molecule has 1 heterocycles. The van der Waals surface area contributed by atoms with Crippen LogP contribution in [0.4, 0.5) is 0 Å². The van der Waals surface area contributed by atoms with Crippen LogP contribution in [0.15, 0.2) is 24.3 Å². The Morgan fingerprint density at radius 1 is 0.895 bits per heavy atom. The third-order valence-electron chi connectivity index (χ3n) is 3.17. The number of benzene rings is 1. The van der Waals surface area contributed by atoms with Crippen molar-refractivity contribution in [3.8, 4) is 11.4 Å². The van der Waals surface area contributed by atoms with Crippen LogP contribution in [0.3, 0.4) is 0 Å². The summed E-state index contributed by atoms with van der Waals surface area (Å²) in [5.41, 5.74) is 2.48. The van der Waals surface area contributed by atoms with Gasteiger partial charge in [-0.25, -0.2) is 15.0 Å². The van der Waals surface area contributed by atoms with Crippen LogP contribution in [-0.2, 0) is 6.42 Å². The van der Waals surface area contributed by atoms with Gasteiger partial charge in [-0.05, 0) is 32.3 Å². The number of unbranched alkanes of at least 4 members (excludes halogenated alkanes) is 2. The van der Waals surface area contributed by atoms with Crippen LogP contribution in [0, 0.1) is 13.8 Å². The number of hydrogen-bond acceptors (Lipinski definition) is 3. The van der Waals surface area contributed by atoms with E-state index in [9.17, 15) is 0 Å². The summed E-state index contributed by atoms with van der Waals surface area (Å²) in [7, 11) is 0. The van der Waals surface area contributed by atoms with E-state index in [1.807, 2.05) is 19.9 Å². The molecule has 3 nitrogen and oxygen atoms in total. The molecule has 0 aliphatic heterocycles. The zero-order valence-corrected chi connectivity index (χ0v) is 12.0. The lowest BCUT2D eigenvalue weighted by Crippen LogP contribution is -2.01. The fourth-order valence-electron chi connectivity index (χ4n) is 2.26. The average molecular weight is 255 g/mol. The van der Waals surface area contributed by atoms with Crippen molar-refractivity contribution in [3.05, 3.63) is 41.5 Å². The van der Waals surface area contributed by atoms with Gasteiger partial charge in [-0.15, -0.1) is 0 Å². The van der Waals surface area contributed by atoms with E-state index in [0.717, 1.165) is 29.5 Å². The lowest BCUT2D eigenvalue weighted by molar-refractivity contribution is 0.717. The first-order chi connectivity index (χ1) is 9.20. The molecule has 1 aromatic carbocycles. The molecule has 0 spiro atoms. The second-order valence-corrected chi connectivity index (χ2v) is 4.87. The monoisotopic (exact) mass is 255 g/mol. The topological polar surface area (TPSA) is 38.7 Å². The number of hydrogen-bond donors (Lipinski definition) is 0. The van der Waals surface area contributed by atoms with Crippen LogP contribution < -0.4 is 0 Å². The maximum Gasteiger partial charge on any atom is 0.163 e. The zero-order valence-electron chi connectivity index (χ0n) is 12.0. The van der Waals surface area contributed by atoms with Crippen molar-refractivity contribution in [3.63, 3.8) is 0 Å². The molecule has 2 rings (SSSR count). The van der Waals surface area contributed by atoms with Gasteiger partial charge in [-0.2, -0.15) is 0 Å². The van der Waals surface area contributed by atoms with Crippen molar-refractivity contribution in [2.24, 2.45) is 0 Å². The summed E-state index contributed by atoms with van der Waals surface area (Å²) in [6, 6.07) is 8.42. The molecule has 100 valence electrons. The van der Waals surface area contributed by atoms with Crippen LogP contribution in [0.2, 0.25) is 0 Å². The molecule has 19 heavy (non-hydrogen) atoms. The Labute approximate surface area is 115 Å². The number of nitrogens with zero attached hydrogens (tertiary/aromatic N) is 3. The summed E-state index contributed by atoms with van der Waals surface area (Å²) < 4.78 is 0. The second-order valence-electron chi connectivity index (χ2n) is 4.87. The minimum atomic E-state index is 0.783. The largest absolute Gasteiger partial charge is 0.219 e. The first kappa shape index (κ1) is 13.7. The summed E-state index contributed by atoms with van der Waals surface area (Å²) in [6.45, 7) is 6.06. The lowest BCUT2D eigenvalue weighted by atomic mass is 10.0. The molecule has 0 fully saturated rings. The first-order valence-electron chi connectivity index (χ1n) is 6.98. The number of rotatable bonds is 5. The molecule has 0 amide bonds.